The zero-order chi connectivity index (χ0) is 17.9. The molecule has 2 aromatic carbocycles. The van der Waals surface area contributed by atoms with Crippen molar-refractivity contribution in [2.24, 2.45) is 4.99 Å². The van der Waals surface area contributed by atoms with E-state index >= 15 is 0 Å². The van der Waals surface area contributed by atoms with Gasteiger partial charge in [-0.1, -0.05) is 19.1 Å². The lowest BCUT2D eigenvalue weighted by atomic mass is 10.1. The van der Waals surface area contributed by atoms with Gasteiger partial charge in [0, 0.05) is 17.5 Å². The molecule has 0 spiro atoms. The summed E-state index contributed by atoms with van der Waals surface area (Å²) in [5.74, 6) is 1.51. The van der Waals surface area contributed by atoms with Gasteiger partial charge in [-0.3, -0.25) is 0 Å². The highest BCUT2D eigenvalue weighted by Crippen LogP contribution is 2.36. The Morgan fingerprint density at radius 2 is 1.92 bits per heavy atom. The summed E-state index contributed by atoms with van der Waals surface area (Å²) >= 11 is 1.56. The van der Waals surface area contributed by atoms with Crippen LogP contribution in [0.25, 0.3) is 11.3 Å². The van der Waals surface area contributed by atoms with E-state index in [4.69, 9.17) is 14.5 Å². The lowest BCUT2D eigenvalue weighted by molar-refractivity contribution is 0.174. The number of fused-ring (bicyclic) bond motifs is 1. The fourth-order valence-electron chi connectivity index (χ4n) is 2.94. The fourth-order valence-corrected chi connectivity index (χ4v) is 3.89. The van der Waals surface area contributed by atoms with Crippen LogP contribution in [0.1, 0.15) is 12.5 Å². The summed E-state index contributed by atoms with van der Waals surface area (Å²) in [7, 11) is 0. The Labute approximate surface area is 155 Å². The van der Waals surface area contributed by atoms with Crippen LogP contribution in [0.5, 0.6) is 11.5 Å². The summed E-state index contributed by atoms with van der Waals surface area (Å²) in [4.78, 5) is 5.63. The van der Waals surface area contributed by atoms with Gasteiger partial charge in [0.05, 0.1) is 18.0 Å². The summed E-state index contributed by atoms with van der Waals surface area (Å²) in [5, 5.41) is 11.6. The topological polar surface area (TPSA) is 56.0 Å². The van der Waals surface area contributed by atoms with E-state index in [1.54, 1.807) is 11.3 Å². The van der Waals surface area contributed by atoms with Crippen molar-refractivity contribution in [3.8, 4) is 22.8 Å². The third-order valence-electron chi connectivity index (χ3n) is 4.36. The monoisotopic (exact) mass is 368 g/mol. The van der Waals surface area contributed by atoms with Crippen LogP contribution >= 0.6 is 11.3 Å². The normalized spacial score (nSPS) is 13.4. The van der Waals surface area contributed by atoms with E-state index in [2.05, 4.69) is 24.4 Å². The number of benzene rings is 2. The maximum Gasteiger partial charge on any atom is 0.231 e. The van der Waals surface area contributed by atoms with Crippen molar-refractivity contribution in [1.29, 1.82) is 0 Å². The van der Waals surface area contributed by atoms with Gasteiger partial charge in [0.2, 0.25) is 6.79 Å². The molecule has 0 saturated heterocycles. The quantitative estimate of drug-likeness (QED) is 0.746. The molecule has 1 N–H and O–H groups in total. The van der Waals surface area contributed by atoms with E-state index in [1.165, 1.54) is 5.56 Å². The Kier molecular flexibility index (Phi) is 4.77. The van der Waals surface area contributed by atoms with Crippen molar-refractivity contribution in [2.45, 2.75) is 19.9 Å². The van der Waals surface area contributed by atoms with Crippen LogP contribution in [-0.4, -0.2) is 23.1 Å². The number of hydrogen-bond donors (Lipinski definition) is 1. The Morgan fingerprint density at radius 1 is 1.12 bits per heavy atom. The van der Waals surface area contributed by atoms with Crippen LogP contribution in [0.3, 0.4) is 0 Å². The predicted octanol–water partition coefficient (Wildman–Crippen LogP) is 3.73. The number of thiazole rings is 1. The minimum Gasteiger partial charge on any atom is -0.454 e. The molecule has 134 valence electrons. The first kappa shape index (κ1) is 16.9. The number of aromatic nitrogens is 1. The van der Waals surface area contributed by atoms with Crippen molar-refractivity contribution in [3.63, 3.8) is 0 Å². The molecule has 0 unspecified atom stereocenters. The van der Waals surface area contributed by atoms with E-state index in [0.29, 0.717) is 6.54 Å². The van der Waals surface area contributed by atoms with Gasteiger partial charge in [0.15, 0.2) is 16.3 Å². The van der Waals surface area contributed by atoms with Gasteiger partial charge < -0.3 is 19.1 Å². The molecule has 1 aromatic heterocycles. The van der Waals surface area contributed by atoms with E-state index in [1.807, 2.05) is 34.9 Å². The minimum atomic E-state index is 0.0518. The van der Waals surface area contributed by atoms with Gasteiger partial charge in [-0.25, -0.2) is 4.99 Å². The molecule has 0 saturated carbocycles. The lowest BCUT2D eigenvalue weighted by Gasteiger charge is -2.08. The average Bonchev–Trinajstić information content (AvgIpc) is 3.29. The second-order valence-corrected chi connectivity index (χ2v) is 6.82. The first-order valence-corrected chi connectivity index (χ1v) is 9.49. The standard InChI is InChI=1S/C20H20N2O3S/c1-2-14-3-6-16(7-4-14)21-20-22(9-10-23)17(12-26-20)15-5-8-18-19(11-15)25-13-24-18/h3-8,11-12,23H,2,9-10,13H2,1H3. The fraction of sp³-hybridized carbons (Fsp3) is 0.250. The zero-order valence-electron chi connectivity index (χ0n) is 14.5. The smallest absolute Gasteiger partial charge is 0.231 e. The number of rotatable bonds is 5. The molecular formula is C20H20N2O3S. The van der Waals surface area contributed by atoms with Gasteiger partial charge in [0.1, 0.15) is 0 Å². The van der Waals surface area contributed by atoms with Gasteiger partial charge in [-0.05, 0) is 42.3 Å². The molecule has 6 heteroatoms. The van der Waals surface area contributed by atoms with Crippen LogP contribution in [0, 0.1) is 0 Å². The molecule has 0 fully saturated rings. The van der Waals surface area contributed by atoms with Crippen LogP contribution in [-0.2, 0) is 13.0 Å². The minimum absolute atomic E-state index is 0.0518. The summed E-state index contributed by atoms with van der Waals surface area (Å²) in [6, 6.07) is 14.1. The number of aliphatic hydroxyl groups is 1. The molecule has 4 rings (SSSR count). The Bertz CT molecular complexity index is 973. The van der Waals surface area contributed by atoms with Crippen LogP contribution in [0.15, 0.2) is 52.8 Å². The molecule has 0 bridgehead atoms. The zero-order valence-corrected chi connectivity index (χ0v) is 15.3. The second kappa shape index (κ2) is 7.35. The largest absolute Gasteiger partial charge is 0.454 e. The molecule has 1 aliphatic rings. The van der Waals surface area contributed by atoms with Gasteiger partial charge in [-0.15, -0.1) is 11.3 Å². The van der Waals surface area contributed by atoms with Crippen LogP contribution in [0.2, 0.25) is 0 Å². The highest BCUT2D eigenvalue weighted by atomic mass is 32.1. The van der Waals surface area contributed by atoms with E-state index in [9.17, 15) is 5.11 Å². The summed E-state index contributed by atoms with van der Waals surface area (Å²) in [5.41, 5.74) is 4.22. The highest BCUT2D eigenvalue weighted by molar-refractivity contribution is 7.07. The molecule has 0 atom stereocenters. The molecule has 0 aliphatic carbocycles. The number of aryl methyl sites for hydroxylation is 1. The first-order valence-electron chi connectivity index (χ1n) is 8.61. The summed E-state index contributed by atoms with van der Waals surface area (Å²) < 4.78 is 12.9. The summed E-state index contributed by atoms with van der Waals surface area (Å²) in [6.45, 7) is 2.93. The Morgan fingerprint density at radius 3 is 2.69 bits per heavy atom. The average molecular weight is 368 g/mol. The van der Waals surface area contributed by atoms with E-state index in [0.717, 1.165) is 39.7 Å². The maximum absolute atomic E-state index is 9.52. The van der Waals surface area contributed by atoms with Crippen molar-refractivity contribution in [2.75, 3.05) is 13.4 Å². The predicted molar refractivity (Wildman–Crippen MR) is 102 cm³/mol. The first-order chi connectivity index (χ1) is 12.8. The number of nitrogens with zero attached hydrogens (tertiary/aromatic N) is 2. The summed E-state index contributed by atoms with van der Waals surface area (Å²) in [6.07, 6.45) is 1.01. The second-order valence-electron chi connectivity index (χ2n) is 5.98. The number of ether oxygens (including phenoxy) is 2. The SMILES string of the molecule is CCc1ccc(N=c2scc(-c3ccc4c(c3)OCO4)n2CCO)cc1. The third-order valence-corrected chi connectivity index (χ3v) is 5.22. The molecular weight excluding hydrogens is 348 g/mol. The third kappa shape index (κ3) is 3.25. The molecule has 1 aliphatic heterocycles. The Balaban J connectivity index is 1.76. The number of hydrogen-bond acceptors (Lipinski definition) is 5. The maximum atomic E-state index is 9.52. The van der Waals surface area contributed by atoms with Crippen LogP contribution < -0.4 is 14.3 Å². The van der Waals surface area contributed by atoms with Crippen molar-refractivity contribution < 1.29 is 14.6 Å². The van der Waals surface area contributed by atoms with Gasteiger partial charge >= 0.3 is 0 Å². The van der Waals surface area contributed by atoms with Gasteiger partial charge in [-0.2, -0.15) is 0 Å². The van der Waals surface area contributed by atoms with E-state index < -0.39 is 0 Å². The highest BCUT2D eigenvalue weighted by Gasteiger charge is 2.16. The van der Waals surface area contributed by atoms with E-state index in [-0.39, 0.29) is 13.4 Å². The number of aliphatic hydroxyl groups excluding tert-OH is 1. The molecule has 5 nitrogen and oxygen atoms in total. The Hall–Kier alpha value is -2.57. The molecule has 26 heavy (non-hydrogen) atoms. The van der Waals surface area contributed by atoms with Crippen molar-refractivity contribution in [3.05, 3.63) is 58.2 Å². The van der Waals surface area contributed by atoms with Crippen molar-refractivity contribution >= 4 is 17.0 Å². The molecule has 0 amide bonds. The van der Waals surface area contributed by atoms with Crippen molar-refractivity contribution in [1.82, 2.24) is 4.57 Å². The molecule has 2 heterocycles. The molecule has 0 radical (unpaired) electrons. The van der Waals surface area contributed by atoms with Crippen LogP contribution in [0.4, 0.5) is 5.69 Å². The lowest BCUT2D eigenvalue weighted by Crippen LogP contribution is -2.17. The molecule has 3 aromatic rings. The van der Waals surface area contributed by atoms with Gasteiger partial charge in [0.25, 0.3) is 0 Å².